The number of rotatable bonds is 6. The fourth-order valence-electron chi connectivity index (χ4n) is 2.39. The van der Waals surface area contributed by atoms with Crippen LogP contribution in [0.25, 0.3) is 0 Å². The Morgan fingerprint density at radius 2 is 1.74 bits per heavy atom. The number of sulfonamides is 1. The van der Waals surface area contributed by atoms with Gasteiger partial charge in [-0.2, -0.15) is 0 Å². The van der Waals surface area contributed by atoms with Crippen molar-refractivity contribution in [3.63, 3.8) is 0 Å². The molecular formula is C13H26N2O3S. The summed E-state index contributed by atoms with van der Waals surface area (Å²) in [7, 11) is -3.10. The normalized spacial score (nSPS) is 18.7. The summed E-state index contributed by atoms with van der Waals surface area (Å²) < 4.78 is 25.0. The minimum atomic E-state index is -3.10. The van der Waals surface area contributed by atoms with Crippen molar-refractivity contribution in [2.75, 3.05) is 18.8 Å². The molecule has 1 fully saturated rings. The molecule has 0 unspecified atom stereocenters. The second kappa shape index (κ2) is 7.24. The zero-order valence-electron chi connectivity index (χ0n) is 12.2. The number of nitrogens with zero attached hydrogens (tertiary/aromatic N) is 1. The van der Waals surface area contributed by atoms with E-state index in [0.29, 0.717) is 25.9 Å². The van der Waals surface area contributed by atoms with Crippen molar-refractivity contribution in [1.82, 2.24) is 9.62 Å². The summed E-state index contributed by atoms with van der Waals surface area (Å²) in [5.41, 5.74) is 0. The third-order valence-electron chi connectivity index (χ3n) is 3.91. The van der Waals surface area contributed by atoms with Crippen LogP contribution in [0.3, 0.4) is 0 Å². The molecule has 6 heteroatoms. The maximum atomic E-state index is 12.1. The topological polar surface area (TPSA) is 66.5 Å². The van der Waals surface area contributed by atoms with Crippen LogP contribution in [0.2, 0.25) is 0 Å². The summed E-state index contributed by atoms with van der Waals surface area (Å²) in [5.74, 6) is 0.184. The van der Waals surface area contributed by atoms with Gasteiger partial charge in [-0.25, -0.2) is 12.7 Å². The summed E-state index contributed by atoms with van der Waals surface area (Å²) in [6.45, 7) is 6.71. The third kappa shape index (κ3) is 4.45. The number of nitrogens with one attached hydrogen (secondary N) is 1. The number of hydrogen-bond donors (Lipinski definition) is 1. The Morgan fingerprint density at radius 1 is 1.21 bits per heavy atom. The highest BCUT2D eigenvalue weighted by Gasteiger charge is 2.30. The monoisotopic (exact) mass is 290 g/mol. The zero-order valence-corrected chi connectivity index (χ0v) is 13.0. The van der Waals surface area contributed by atoms with E-state index in [0.717, 1.165) is 12.8 Å². The minimum Gasteiger partial charge on any atom is -0.353 e. The van der Waals surface area contributed by atoms with Gasteiger partial charge in [-0.15, -0.1) is 0 Å². The number of amides is 1. The first-order valence-corrected chi connectivity index (χ1v) is 8.83. The molecule has 1 rings (SSSR count). The predicted molar refractivity (Wildman–Crippen MR) is 76.3 cm³/mol. The van der Waals surface area contributed by atoms with E-state index >= 15 is 0 Å². The van der Waals surface area contributed by atoms with Gasteiger partial charge in [-0.1, -0.05) is 13.8 Å². The summed E-state index contributed by atoms with van der Waals surface area (Å²) in [6.07, 6.45) is 3.13. The summed E-state index contributed by atoms with van der Waals surface area (Å²) in [4.78, 5) is 12.1. The molecule has 0 spiro atoms. The van der Waals surface area contributed by atoms with Crippen LogP contribution >= 0.6 is 0 Å². The first-order chi connectivity index (χ1) is 8.94. The molecule has 5 nitrogen and oxygen atoms in total. The molecule has 0 aliphatic carbocycles. The first kappa shape index (κ1) is 16.4. The van der Waals surface area contributed by atoms with E-state index in [2.05, 4.69) is 19.2 Å². The summed E-state index contributed by atoms with van der Waals surface area (Å²) in [6, 6.07) is 0.241. The first-order valence-electron chi connectivity index (χ1n) is 7.22. The van der Waals surface area contributed by atoms with Crippen LogP contribution in [0.1, 0.15) is 46.5 Å². The molecule has 0 aromatic heterocycles. The highest BCUT2D eigenvalue weighted by Crippen LogP contribution is 2.20. The highest BCUT2D eigenvalue weighted by molar-refractivity contribution is 7.89. The van der Waals surface area contributed by atoms with Crippen molar-refractivity contribution in [1.29, 1.82) is 0 Å². The Balaban J connectivity index is 2.48. The van der Waals surface area contributed by atoms with Crippen LogP contribution < -0.4 is 5.32 Å². The Hall–Kier alpha value is -0.620. The summed E-state index contributed by atoms with van der Waals surface area (Å²) >= 11 is 0. The molecule has 0 radical (unpaired) electrons. The van der Waals surface area contributed by atoms with E-state index < -0.39 is 10.0 Å². The van der Waals surface area contributed by atoms with Crippen LogP contribution in [-0.4, -0.2) is 43.5 Å². The maximum Gasteiger partial charge on any atom is 0.223 e. The van der Waals surface area contributed by atoms with E-state index in [1.54, 1.807) is 6.92 Å². The largest absolute Gasteiger partial charge is 0.353 e. The minimum absolute atomic E-state index is 0.0380. The van der Waals surface area contributed by atoms with E-state index in [1.807, 2.05) is 0 Å². The van der Waals surface area contributed by atoms with Gasteiger partial charge < -0.3 is 5.32 Å². The third-order valence-corrected chi connectivity index (χ3v) is 5.80. The Bertz CT molecular complexity index is 383. The standard InChI is InChI=1S/C13H26N2O3S/c1-4-12(5-2)14-13(16)11-7-9-15(10-8-11)19(17,18)6-3/h11-12H,4-10H2,1-3H3,(H,14,16). The van der Waals surface area contributed by atoms with E-state index in [9.17, 15) is 13.2 Å². The average Bonchev–Trinajstić information content (AvgIpc) is 2.44. The molecule has 0 aromatic carbocycles. The van der Waals surface area contributed by atoms with E-state index in [4.69, 9.17) is 0 Å². The van der Waals surface area contributed by atoms with Gasteiger partial charge in [-0.3, -0.25) is 4.79 Å². The molecular weight excluding hydrogens is 264 g/mol. The van der Waals surface area contributed by atoms with Crippen molar-refractivity contribution >= 4 is 15.9 Å². The lowest BCUT2D eigenvalue weighted by atomic mass is 9.96. The molecule has 1 aliphatic heterocycles. The lowest BCUT2D eigenvalue weighted by Crippen LogP contribution is -2.45. The van der Waals surface area contributed by atoms with Crippen LogP contribution in [0.4, 0.5) is 0 Å². The lowest BCUT2D eigenvalue weighted by Gasteiger charge is -2.31. The quantitative estimate of drug-likeness (QED) is 0.803. The van der Waals surface area contributed by atoms with Gasteiger partial charge in [0.05, 0.1) is 5.75 Å². The van der Waals surface area contributed by atoms with Crippen LogP contribution in [0.5, 0.6) is 0 Å². The molecule has 1 heterocycles. The van der Waals surface area contributed by atoms with Gasteiger partial charge in [0.2, 0.25) is 15.9 Å². The second-order valence-corrected chi connectivity index (χ2v) is 7.35. The van der Waals surface area contributed by atoms with Gasteiger partial charge in [0, 0.05) is 25.0 Å². The number of piperidine rings is 1. The molecule has 19 heavy (non-hydrogen) atoms. The number of carbonyl (C=O) groups is 1. The smallest absolute Gasteiger partial charge is 0.223 e. The molecule has 0 saturated carbocycles. The maximum absolute atomic E-state index is 12.1. The van der Waals surface area contributed by atoms with Crippen molar-refractivity contribution in [2.45, 2.75) is 52.5 Å². The fourth-order valence-corrected chi connectivity index (χ4v) is 3.52. The van der Waals surface area contributed by atoms with Crippen molar-refractivity contribution < 1.29 is 13.2 Å². The molecule has 1 amide bonds. The van der Waals surface area contributed by atoms with Gasteiger partial charge >= 0.3 is 0 Å². The van der Waals surface area contributed by atoms with Gasteiger partial charge in [0.15, 0.2) is 0 Å². The molecule has 1 saturated heterocycles. The Labute approximate surface area is 116 Å². The Kier molecular flexibility index (Phi) is 6.26. The number of carbonyl (C=O) groups excluding carboxylic acids is 1. The van der Waals surface area contributed by atoms with Crippen LogP contribution in [-0.2, 0) is 14.8 Å². The number of hydrogen-bond acceptors (Lipinski definition) is 3. The van der Waals surface area contributed by atoms with Crippen molar-refractivity contribution in [2.24, 2.45) is 5.92 Å². The molecule has 0 bridgehead atoms. The SMILES string of the molecule is CCC(CC)NC(=O)C1CCN(S(=O)(=O)CC)CC1. The van der Waals surface area contributed by atoms with Gasteiger partial charge in [-0.05, 0) is 32.6 Å². The molecule has 0 aromatic rings. The molecule has 1 aliphatic rings. The Morgan fingerprint density at radius 3 is 2.16 bits per heavy atom. The van der Waals surface area contributed by atoms with Gasteiger partial charge in [0.1, 0.15) is 0 Å². The fraction of sp³-hybridized carbons (Fsp3) is 0.923. The van der Waals surface area contributed by atoms with Crippen molar-refractivity contribution in [3.8, 4) is 0 Å². The molecule has 112 valence electrons. The zero-order chi connectivity index (χ0) is 14.5. The highest BCUT2D eigenvalue weighted by atomic mass is 32.2. The molecule has 0 atom stereocenters. The van der Waals surface area contributed by atoms with E-state index in [1.165, 1.54) is 4.31 Å². The average molecular weight is 290 g/mol. The lowest BCUT2D eigenvalue weighted by molar-refractivity contribution is -0.126. The predicted octanol–water partition coefficient (Wildman–Crippen LogP) is 1.35. The van der Waals surface area contributed by atoms with Crippen LogP contribution in [0, 0.1) is 5.92 Å². The second-order valence-electron chi connectivity index (χ2n) is 5.10. The van der Waals surface area contributed by atoms with E-state index in [-0.39, 0.29) is 23.6 Å². The van der Waals surface area contributed by atoms with Crippen molar-refractivity contribution in [3.05, 3.63) is 0 Å². The molecule has 1 N–H and O–H groups in total. The van der Waals surface area contributed by atoms with Gasteiger partial charge in [0.25, 0.3) is 0 Å². The van der Waals surface area contributed by atoms with Crippen LogP contribution in [0.15, 0.2) is 0 Å². The summed E-state index contributed by atoms with van der Waals surface area (Å²) in [5, 5.41) is 3.05.